The highest BCUT2D eigenvalue weighted by Gasteiger charge is 2.29. The third kappa shape index (κ3) is 3.13. The van der Waals surface area contributed by atoms with E-state index in [4.69, 9.17) is 4.74 Å². The number of likely N-dealkylation sites (tertiary alicyclic amines) is 1. The molecule has 0 spiro atoms. The molecular weight excluding hydrogens is 270 g/mol. The molecule has 1 aliphatic heterocycles. The van der Waals surface area contributed by atoms with Crippen molar-refractivity contribution in [3.8, 4) is 5.88 Å². The van der Waals surface area contributed by atoms with Crippen LogP contribution >= 0.6 is 0 Å². The monoisotopic (exact) mass is 285 g/mol. The largest absolute Gasteiger partial charge is 0.472 e. The quantitative estimate of drug-likeness (QED) is 0.832. The number of amides is 1. The van der Waals surface area contributed by atoms with E-state index in [9.17, 15) is 4.79 Å². The maximum absolute atomic E-state index is 12.2. The fraction of sp³-hybridized carbons (Fsp3) is 0.357. The molecule has 1 fully saturated rings. The molecule has 2 aromatic heterocycles. The number of rotatable bonds is 3. The summed E-state index contributed by atoms with van der Waals surface area (Å²) >= 11 is 0. The van der Waals surface area contributed by atoms with E-state index < -0.39 is 0 Å². The molecule has 2 aromatic rings. The smallest absolute Gasteiger partial charge is 0.291 e. The predicted molar refractivity (Wildman–Crippen MR) is 73.7 cm³/mol. The van der Waals surface area contributed by atoms with Crippen molar-refractivity contribution < 1.29 is 9.53 Å². The zero-order chi connectivity index (χ0) is 14.7. The first-order valence-corrected chi connectivity index (χ1v) is 6.75. The van der Waals surface area contributed by atoms with Crippen molar-refractivity contribution in [1.29, 1.82) is 0 Å². The minimum Gasteiger partial charge on any atom is -0.472 e. The lowest BCUT2D eigenvalue weighted by molar-refractivity contribution is 0.0759. The van der Waals surface area contributed by atoms with Gasteiger partial charge in [0.15, 0.2) is 0 Å². The van der Waals surface area contributed by atoms with Gasteiger partial charge in [0.1, 0.15) is 11.9 Å². The van der Waals surface area contributed by atoms with Gasteiger partial charge in [-0.05, 0) is 13.0 Å². The molecule has 1 saturated heterocycles. The van der Waals surface area contributed by atoms with Crippen LogP contribution in [0.4, 0.5) is 0 Å². The number of aromatic nitrogens is 4. The molecule has 0 aromatic carbocycles. The standard InChI is InChI=1S/C14H15N5O2/c1-10-15-7-3-12(18-10)21-11-4-8-19(9-11)14(20)13-16-5-2-6-17-13/h2-3,5-7,11H,4,8-9H2,1H3. The van der Waals surface area contributed by atoms with Gasteiger partial charge in [-0.15, -0.1) is 0 Å². The Morgan fingerprint density at radius 2 is 2.10 bits per heavy atom. The van der Waals surface area contributed by atoms with Gasteiger partial charge in [0, 0.05) is 37.6 Å². The number of aryl methyl sites for hydroxylation is 1. The van der Waals surface area contributed by atoms with Crippen molar-refractivity contribution in [2.45, 2.75) is 19.4 Å². The predicted octanol–water partition coefficient (Wildman–Crippen LogP) is 0.869. The SMILES string of the molecule is Cc1nccc(OC2CCN(C(=O)c3ncccn3)C2)n1. The van der Waals surface area contributed by atoms with Crippen LogP contribution in [0.25, 0.3) is 0 Å². The van der Waals surface area contributed by atoms with Crippen molar-refractivity contribution in [2.24, 2.45) is 0 Å². The van der Waals surface area contributed by atoms with Gasteiger partial charge in [0.2, 0.25) is 11.7 Å². The first-order valence-electron chi connectivity index (χ1n) is 6.75. The average Bonchev–Trinajstić information content (AvgIpc) is 2.96. The molecule has 21 heavy (non-hydrogen) atoms. The number of carbonyl (C=O) groups excluding carboxylic acids is 1. The summed E-state index contributed by atoms with van der Waals surface area (Å²) in [6.45, 7) is 2.95. The average molecular weight is 285 g/mol. The van der Waals surface area contributed by atoms with Crippen molar-refractivity contribution in [3.05, 3.63) is 42.4 Å². The Kier molecular flexibility index (Phi) is 3.72. The van der Waals surface area contributed by atoms with Gasteiger partial charge in [-0.1, -0.05) is 0 Å². The molecule has 1 atom stereocenters. The molecule has 0 saturated carbocycles. The number of hydrogen-bond acceptors (Lipinski definition) is 6. The maximum Gasteiger partial charge on any atom is 0.291 e. The van der Waals surface area contributed by atoms with Gasteiger partial charge < -0.3 is 9.64 Å². The minimum atomic E-state index is -0.166. The Labute approximate surface area is 122 Å². The zero-order valence-electron chi connectivity index (χ0n) is 11.6. The van der Waals surface area contributed by atoms with Crippen LogP contribution in [0.2, 0.25) is 0 Å². The first kappa shape index (κ1) is 13.4. The van der Waals surface area contributed by atoms with Gasteiger partial charge in [-0.3, -0.25) is 4.79 Å². The highest BCUT2D eigenvalue weighted by Crippen LogP contribution is 2.17. The third-order valence-corrected chi connectivity index (χ3v) is 3.23. The van der Waals surface area contributed by atoms with E-state index in [1.807, 2.05) is 6.92 Å². The van der Waals surface area contributed by atoms with Crippen LogP contribution in [0.3, 0.4) is 0 Å². The molecule has 108 valence electrons. The second kappa shape index (κ2) is 5.82. The number of ether oxygens (including phenoxy) is 1. The Balaban J connectivity index is 1.62. The molecular formula is C14H15N5O2. The van der Waals surface area contributed by atoms with Crippen molar-refractivity contribution >= 4 is 5.91 Å². The number of carbonyl (C=O) groups is 1. The Bertz CT molecular complexity index is 634. The van der Waals surface area contributed by atoms with Gasteiger partial charge in [-0.2, -0.15) is 4.98 Å². The van der Waals surface area contributed by atoms with Crippen LogP contribution < -0.4 is 4.74 Å². The summed E-state index contributed by atoms with van der Waals surface area (Å²) < 4.78 is 5.79. The molecule has 0 N–H and O–H groups in total. The van der Waals surface area contributed by atoms with E-state index in [-0.39, 0.29) is 17.8 Å². The Hall–Kier alpha value is -2.57. The summed E-state index contributed by atoms with van der Waals surface area (Å²) in [4.78, 5) is 30.1. The second-order valence-electron chi connectivity index (χ2n) is 4.79. The van der Waals surface area contributed by atoms with Gasteiger partial charge in [-0.25, -0.2) is 15.0 Å². The van der Waals surface area contributed by atoms with E-state index in [2.05, 4.69) is 19.9 Å². The lowest BCUT2D eigenvalue weighted by Gasteiger charge is -2.16. The molecule has 1 aliphatic rings. The van der Waals surface area contributed by atoms with Gasteiger partial charge in [0.25, 0.3) is 5.91 Å². The van der Waals surface area contributed by atoms with Gasteiger partial charge in [0.05, 0.1) is 6.54 Å². The van der Waals surface area contributed by atoms with Crippen molar-refractivity contribution in [1.82, 2.24) is 24.8 Å². The maximum atomic E-state index is 12.2. The van der Waals surface area contributed by atoms with E-state index in [0.717, 1.165) is 6.42 Å². The van der Waals surface area contributed by atoms with E-state index in [0.29, 0.717) is 24.8 Å². The molecule has 3 heterocycles. The normalized spacial score (nSPS) is 17.8. The lowest BCUT2D eigenvalue weighted by atomic mass is 10.3. The molecule has 1 amide bonds. The van der Waals surface area contributed by atoms with Crippen LogP contribution in [0.5, 0.6) is 5.88 Å². The molecule has 1 unspecified atom stereocenters. The summed E-state index contributed by atoms with van der Waals surface area (Å²) in [5, 5.41) is 0. The summed E-state index contributed by atoms with van der Waals surface area (Å²) in [6, 6.07) is 3.40. The fourth-order valence-electron chi connectivity index (χ4n) is 2.23. The second-order valence-corrected chi connectivity index (χ2v) is 4.79. The number of nitrogens with zero attached hydrogens (tertiary/aromatic N) is 5. The summed E-state index contributed by atoms with van der Waals surface area (Å²) in [7, 11) is 0. The highest BCUT2D eigenvalue weighted by atomic mass is 16.5. The summed E-state index contributed by atoms with van der Waals surface area (Å²) in [6.07, 6.45) is 5.49. The molecule has 0 radical (unpaired) electrons. The summed E-state index contributed by atoms with van der Waals surface area (Å²) in [5.41, 5.74) is 0. The van der Waals surface area contributed by atoms with Crippen LogP contribution in [-0.2, 0) is 0 Å². The molecule has 7 heteroatoms. The Morgan fingerprint density at radius 1 is 1.29 bits per heavy atom. The van der Waals surface area contributed by atoms with Crippen molar-refractivity contribution in [2.75, 3.05) is 13.1 Å². The third-order valence-electron chi connectivity index (χ3n) is 3.23. The molecule has 0 bridgehead atoms. The lowest BCUT2D eigenvalue weighted by Crippen LogP contribution is -2.32. The van der Waals surface area contributed by atoms with Crippen LogP contribution in [0.1, 0.15) is 22.9 Å². The highest BCUT2D eigenvalue weighted by molar-refractivity contribution is 5.90. The first-order chi connectivity index (χ1) is 10.2. The van der Waals surface area contributed by atoms with Crippen LogP contribution in [0, 0.1) is 6.92 Å². The van der Waals surface area contributed by atoms with Gasteiger partial charge >= 0.3 is 0 Å². The van der Waals surface area contributed by atoms with Crippen molar-refractivity contribution in [3.63, 3.8) is 0 Å². The molecule has 7 nitrogen and oxygen atoms in total. The Morgan fingerprint density at radius 3 is 2.86 bits per heavy atom. The van der Waals surface area contributed by atoms with E-state index in [1.165, 1.54) is 0 Å². The van der Waals surface area contributed by atoms with E-state index >= 15 is 0 Å². The van der Waals surface area contributed by atoms with Crippen LogP contribution in [0.15, 0.2) is 30.7 Å². The van der Waals surface area contributed by atoms with Crippen LogP contribution in [-0.4, -0.2) is 49.9 Å². The zero-order valence-corrected chi connectivity index (χ0v) is 11.6. The summed E-state index contributed by atoms with van der Waals surface area (Å²) in [5.74, 6) is 1.26. The number of hydrogen-bond donors (Lipinski definition) is 0. The molecule has 3 rings (SSSR count). The topological polar surface area (TPSA) is 81.1 Å². The molecule has 0 aliphatic carbocycles. The minimum absolute atomic E-state index is 0.0630. The fourth-order valence-corrected chi connectivity index (χ4v) is 2.23. The van der Waals surface area contributed by atoms with E-state index in [1.54, 1.807) is 35.6 Å².